The Morgan fingerprint density at radius 3 is 2.21 bits per heavy atom. The molecule has 0 fully saturated rings. The van der Waals surface area contributed by atoms with Crippen LogP contribution in [-0.2, 0) is 22.5 Å². The normalized spacial score (nSPS) is 13.1. The number of H-pyrrole nitrogens is 2. The predicted molar refractivity (Wildman–Crippen MR) is 150 cm³/mol. The SMILES string of the molecule is CC(C)C(NC=O)c1nc(-c2ccc3c(c2)Cc2cc(-c4c[nH]c(CNC(=O)OC(C)(C)C)n4)ccc2-3)c[nH]1. The number of hydrogen-bond donors (Lipinski definition) is 4. The second-order valence-electron chi connectivity index (χ2n) is 11.2. The Morgan fingerprint density at radius 2 is 1.62 bits per heavy atom. The molecule has 2 heterocycles. The third kappa shape index (κ3) is 5.72. The highest BCUT2D eigenvalue weighted by Crippen LogP contribution is 2.40. The van der Waals surface area contributed by atoms with Crippen LogP contribution in [0.15, 0.2) is 48.8 Å². The number of aromatic amines is 2. The van der Waals surface area contributed by atoms with Gasteiger partial charge in [0.25, 0.3) is 0 Å². The van der Waals surface area contributed by atoms with Gasteiger partial charge in [-0.15, -0.1) is 0 Å². The summed E-state index contributed by atoms with van der Waals surface area (Å²) in [5.41, 5.74) is 8.12. The van der Waals surface area contributed by atoms with Crippen LogP contribution >= 0.6 is 0 Å². The van der Waals surface area contributed by atoms with Gasteiger partial charge in [0.15, 0.2) is 0 Å². The van der Waals surface area contributed by atoms with E-state index in [-0.39, 0.29) is 18.5 Å². The minimum atomic E-state index is -0.548. The van der Waals surface area contributed by atoms with Crippen LogP contribution in [-0.4, -0.2) is 38.0 Å². The number of imidazole rings is 2. The molecular formula is C30H34N6O3. The van der Waals surface area contributed by atoms with Crippen LogP contribution in [0.3, 0.4) is 0 Å². The topological polar surface area (TPSA) is 125 Å². The number of carbonyl (C=O) groups is 2. The summed E-state index contributed by atoms with van der Waals surface area (Å²) in [5.74, 6) is 1.62. The van der Waals surface area contributed by atoms with Crippen molar-refractivity contribution in [3.8, 4) is 33.6 Å². The summed E-state index contributed by atoms with van der Waals surface area (Å²) >= 11 is 0. The smallest absolute Gasteiger partial charge is 0.408 e. The van der Waals surface area contributed by atoms with E-state index in [9.17, 15) is 9.59 Å². The van der Waals surface area contributed by atoms with Gasteiger partial charge in [-0.05, 0) is 67.5 Å². The number of benzene rings is 2. The largest absolute Gasteiger partial charge is 0.444 e. The number of hydrogen-bond acceptors (Lipinski definition) is 5. The Bertz CT molecular complexity index is 1510. The van der Waals surface area contributed by atoms with Crippen LogP contribution in [0.5, 0.6) is 0 Å². The lowest BCUT2D eigenvalue weighted by Gasteiger charge is -2.19. The summed E-state index contributed by atoms with van der Waals surface area (Å²) < 4.78 is 5.29. The van der Waals surface area contributed by atoms with Crippen molar-refractivity contribution in [3.63, 3.8) is 0 Å². The van der Waals surface area contributed by atoms with Gasteiger partial charge in [0.2, 0.25) is 6.41 Å². The van der Waals surface area contributed by atoms with E-state index in [4.69, 9.17) is 9.72 Å². The minimum Gasteiger partial charge on any atom is -0.444 e. The highest BCUT2D eigenvalue weighted by Gasteiger charge is 2.22. The number of ether oxygens (including phenoxy) is 1. The van der Waals surface area contributed by atoms with Crippen molar-refractivity contribution in [2.75, 3.05) is 0 Å². The summed E-state index contributed by atoms with van der Waals surface area (Å²) in [6.45, 7) is 9.84. The van der Waals surface area contributed by atoms with Crippen LogP contribution in [0.2, 0.25) is 0 Å². The van der Waals surface area contributed by atoms with Gasteiger partial charge < -0.3 is 25.3 Å². The van der Waals surface area contributed by atoms with Gasteiger partial charge >= 0.3 is 6.09 Å². The maximum atomic E-state index is 11.9. The number of nitrogens with one attached hydrogen (secondary N) is 4. The van der Waals surface area contributed by atoms with Gasteiger partial charge in [-0.2, -0.15) is 0 Å². The van der Waals surface area contributed by atoms with E-state index in [0.29, 0.717) is 5.82 Å². The van der Waals surface area contributed by atoms with E-state index in [1.807, 2.05) is 33.2 Å². The molecule has 2 aromatic carbocycles. The molecule has 0 radical (unpaired) electrons. The zero-order valence-electron chi connectivity index (χ0n) is 22.9. The molecule has 202 valence electrons. The third-order valence-corrected chi connectivity index (χ3v) is 6.71. The van der Waals surface area contributed by atoms with E-state index in [1.54, 1.807) is 0 Å². The Balaban J connectivity index is 1.30. The third-order valence-electron chi connectivity index (χ3n) is 6.71. The second kappa shape index (κ2) is 10.4. The molecule has 1 atom stereocenters. The van der Waals surface area contributed by atoms with Crippen molar-refractivity contribution in [1.29, 1.82) is 0 Å². The van der Waals surface area contributed by atoms with E-state index in [2.05, 4.69) is 75.8 Å². The Morgan fingerprint density at radius 1 is 1.00 bits per heavy atom. The molecule has 0 saturated heterocycles. The van der Waals surface area contributed by atoms with Gasteiger partial charge in [-0.25, -0.2) is 14.8 Å². The summed E-state index contributed by atoms with van der Waals surface area (Å²) in [5, 5.41) is 5.58. The summed E-state index contributed by atoms with van der Waals surface area (Å²) in [6, 6.07) is 12.7. The molecule has 39 heavy (non-hydrogen) atoms. The highest BCUT2D eigenvalue weighted by atomic mass is 16.6. The maximum Gasteiger partial charge on any atom is 0.408 e. The molecule has 2 amide bonds. The number of aromatic nitrogens is 4. The second-order valence-corrected chi connectivity index (χ2v) is 11.2. The average molecular weight is 527 g/mol. The highest BCUT2D eigenvalue weighted by molar-refractivity contribution is 5.82. The van der Waals surface area contributed by atoms with Crippen LogP contribution in [0.4, 0.5) is 4.79 Å². The lowest BCUT2D eigenvalue weighted by molar-refractivity contribution is -0.110. The standard InChI is InChI=1S/C30H34N6O3/c1-17(2)27(34-16-37)28-32-14-25(36-28)19-7-9-23-21(11-19)12-20-10-18(6-8-22(20)23)24-13-31-26(35-24)15-33-29(38)39-30(3,4)5/h6-11,13-14,16-17,27H,12,15H2,1-5H3,(H,31,35)(H,32,36)(H,33,38)(H,34,37). The maximum absolute atomic E-state index is 11.9. The van der Waals surface area contributed by atoms with E-state index in [0.717, 1.165) is 41.2 Å². The predicted octanol–water partition coefficient (Wildman–Crippen LogP) is 5.51. The van der Waals surface area contributed by atoms with Crippen molar-refractivity contribution in [1.82, 2.24) is 30.6 Å². The molecular weight excluding hydrogens is 492 g/mol. The van der Waals surface area contributed by atoms with Crippen LogP contribution < -0.4 is 10.6 Å². The number of carbonyl (C=O) groups excluding carboxylic acids is 2. The molecule has 4 N–H and O–H groups in total. The molecule has 1 aliphatic carbocycles. The quantitative estimate of drug-likeness (QED) is 0.199. The molecule has 0 bridgehead atoms. The average Bonchev–Trinajstić information content (AvgIpc) is 3.62. The molecule has 5 rings (SSSR count). The first-order chi connectivity index (χ1) is 18.6. The molecule has 2 aromatic heterocycles. The minimum absolute atomic E-state index is 0.163. The van der Waals surface area contributed by atoms with Crippen LogP contribution in [0.1, 0.15) is 63.4 Å². The van der Waals surface area contributed by atoms with Gasteiger partial charge in [-0.1, -0.05) is 38.1 Å². The Labute approximate surface area is 227 Å². The summed E-state index contributed by atoms with van der Waals surface area (Å²) in [7, 11) is 0. The van der Waals surface area contributed by atoms with Crippen molar-refractivity contribution >= 4 is 12.5 Å². The van der Waals surface area contributed by atoms with Crippen molar-refractivity contribution in [2.24, 2.45) is 5.92 Å². The molecule has 0 aliphatic heterocycles. The fraction of sp³-hybridized carbons (Fsp3) is 0.333. The number of alkyl carbamates (subject to hydrolysis) is 1. The number of amides is 2. The lowest BCUT2D eigenvalue weighted by Crippen LogP contribution is -2.32. The summed E-state index contributed by atoms with van der Waals surface area (Å²) in [6.07, 6.45) is 4.82. The van der Waals surface area contributed by atoms with E-state index < -0.39 is 11.7 Å². The molecule has 9 nitrogen and oxygen atoms in total. The monoisotopic (exact) mass is 526 g/mol. The van der Waals surface area contributed by atoms with Crippen molar-refractivity contribution in [2.45, 2.75) is 59.2 Å². The number of rotatable bonds is 8. The zero-order chi connectivity index (χ0) is 27.7. The Hall–Kier alpha value is -4.40. The van der Waals surface area contributed by atoms with Crippen LogP contribution in [0, 0.1) is 5.92 Å². The molecule has 4 aromatic rings. The Kier molecular flexibility index (Phi) is 6.99. The van der Waals surface area contributed by atoms with Gasteiger partial charge in [0.1, 0.15) is 17.2 Å². The first kappa shape index (κ1) is 26.2. The van der Waals surface area contributed by atoms with Gasteiger partial charge in [0.05, 0.1) is 24.0 Å². The molecule has 1 aliphatic rings. The van der Waals surface area contributed by atoms with Gasteiger partial charge in [-0.3, -0.25) is 4.79 Å². The van der Waals surface area contributed by atoms with Crippen molar-refractivity contribution in [3.05, 3.63) is 71.6 Å². The molecule has 9 heteroatoms. The zero-order valence-corrected chi connectivity index (χ0v) is 22.9. The number of nitrogens with zero attached hydrogens (tertiary/aromatic N) is 2. The lowest BCUT2D eigenvalue weighted by atomic mass is 10.0. The molecule has 0 saturated carbocycles. The van der Waals surface area contributed by atoms with Crippen molar-refractivity contribution < 1.29 is 14.3 Å². The van der Waals surface area contributed by atoms with E-state index in [1.165, 1.54) is 22.3 Å². The van der Waals surface area contributed by atoms with Gasteiger partial charge in [0, 0.05) is 23.5 Å². The molecule has 0 spiro atoms. The van der Waals surface area contributed by atoms with Crippen LogP contribution in [0.25, 0.3) is 33.6 Å². The fourth-order valence-electron chi connectivity index (χ4n) is 4.90. The number of fused-ring (bicyclic) bond motifs is 3. The summed E-state index contributed by atoms with van der Waals surface area (Å²) in [4.78, 5) is 38.8. The van der Waals surface area contributed by atoms with E-state index >= 15 is 0 Å². The first-order valence-corrected chi connectivity index (χ1v) is 13.1. The fourth-order valence-corrected chi connectivity index (χ4v) is 4.90. The molecule has 1 unspecified atom stereocenters. The first-order valence-electron chi connectivity index (χ1n) is 13.1.